The van der Waals surface area contributed by atoms with Gasteiger partial charge in [-0.1, -0.05) is 38.1 Å². The predicted octanol–water partition coefficient (Wildman–Crippen LogP) is 2.62. The summed E-state index contributed by atoms with van der Waals surface area (Å²) in [5.41, 5.74) is 9.41. The van der Waals surface area contributed by atoms with Gasteiger partial charge in [-0.3, -0.25) is 0 Å². The first-order valence-corrected chi connectivity index (χ1v) is 5.30. The van der Waals surface area contributed by atoms with E-state index in [4.69, 9.17) is 5.73 Å². The molecule has 1 atom stereocenters. The smallest absolute Gasteiger partial charge is 0.0135 e. The highest BCUT2D eigenvalue weighted by Crippen LogP contribution is 2.64. The van der Waals surface area contributed by atoms with Gasteiger partial charge in [0.1, 0.15) is 0 Å². The molecule has 1 aliphatic rings. The summed E-state index contributed by atoms with van der Waals surface area (Å²) < 4.78 is 0. The van der Waals surface area contributed by atoms with Crippen molar-refractivity contribution in [1.82, 2.24) is 0 Å². The summed E-state index contributed by atoms with van der Waals surface area (Å²) >= 11 is 0. The van der Waals surface area contributed by atoms with Crippen molar-refractivity contribution in [3.63, 3.8) is 0 Å². The van der Waals surface area contributed by atoms with Crippen LogP contribution in [0.4, 0.5) is 0 Å². The van der Waals surface area contributed by atoms with E-state index < -0.39 is 0 Å². The fourth-order valence-corrected chi connectivity index (χ4v) is 2.74. The summed E-state index contributed by atoms with van der Waals surface area (Å²) in [6, 6.07) is 8.63. The third-order valence-electron chi connectivity index (χ3n) is 3.92. The zero-order valence-corrected chi connectivity index (χ0v) is 9.30. The normalized spacial score (nSPS) is 28.9. The van der Waals surface area contributed by atoms with Crippen molar-refractivity contribution in [3.05, 3.63) is 35.4 Å². The predicted molar refractivity (Wildman–Crippen MR) is 60.3 cm³/mol. The molecule has 1 nitrogen and oxygen atoms in total. The van der Waals surface area contributed by atoms with Crippen LogP contribution in [-0.4, -0.2) is 6.54 Å². The largest absolute Gasteiger partial charge is 0.330 e. The molecule has 0 aliphatic heterocycles. The third-order valence-corrected chi connectivity index (χ3v) is 3.92. The van der Waals surface area contributed by atoms with E-state index in [1.54, 1.807) is 0 Å². The first-order valence-electron chi connectivity index (χ1n) is 5.30. The fraction of sp³-hybridized carbons (Fsp3) is 0.538. The lowest BCUT2D eigenvalue weighted by Gasteiger charge is -2.21. The van der Waals surface area contributed by atoms with Crippen molar-refractivity contribution < 1.29 is 0 Å². The first kappa shape index (κ1) is 9.72. The molecule has 1 unspecified atom stereocenters. The summed E-state index contributed by atoms with van der Waals surface area (Å²) in [4.78, 5) is 0. The SMILES string of the molecule is Cc1ccccc1C1(CN)CC1(C)C. The Morgan fingerprint density at radius 2 is 1.86 bits per heavy atom. The van der Waals surface area contributed by atoms with Crippen LogP contribution in [0.2, 0.25) is 0 Å². The molecule has 0 saturated heterocycles. The lowest BCUT2D eigenvalue weighted by molar-refractivity contribution is 0.501. The molecule has 14 heavy (non-hydrogen) atoms. The highest BCUT2D eigenvalue weighted by molar-refractivity contribution is 5.42. The minimum Gasteiger partial charge on any atom is -0.330 e. The standard InChI is InChI=1S/C13H19N/c1-10-6-4-5-7-11(10)13(9-14)8-12(13,2)3/h4-7H,8-9,14H2,1-3H3. The summed E-state index contributed by atoms with van der Waals surface area (Å²) in [7, 11) is 0. The van der Waals surface area contributed by atoms with Crippen molar-refractivity contribution >= 4 is 0 Å². The number of benzene rings is 1. The second-order valence-electron chi connectivity index (χ2n) is 5.16. The van der Waals surface area contributed by atoms with Crippen molar-refractivity contribution in [2.24, 2.45) is 11.1 Å². The van der Waals surface area contributed by atoms with Crippen LogP contribution in [0.3, 0.4) is 0 Å². The van der Waals surface area contributed by atoms with Crippen LogP contribution in [0.25, 0.3) is 0 Å². The van der Waals surface area contributed by atoms with E-state index in [1.807, 2.05) is 0 Å². The fourth-order valence-electron chi connectivity index (χ4n) is 2.74. The Bertz CT molecular complexity index is 354. The number of hydrogen-bond donors (Lipinski definition) is 1. The average Bonchev–Trinajstić information content (AvgIpc) is 2.70. The van der Waals surface area contributed by atoms with Gasteiger partial charge in [0.25, 0.3) is 0 Å². The van der Waals surface area contributed by atoms with E-state index in [0.717, 1.165) is 6.54 Å². The van der Waals surface area contributed by atoms with Gasteiger partial charge in [0, 0.05) is 12.0 Å². The Morgan fingerprint density at radius 3 is 2.29 bits per heavy atom. The molecule has 2 rings (SSSR count). The first-order chi connectivity index (χ1) is 6.53. The topological polar surface area (TPSA) is 26.0 Å². The zero-order chi connectivity index (χ0) is 10.4. The van der Waals surface area contributed by atoms with E-state index in [9.17, 15) is 0 Å². The molecule has 0 aromatic heterocycles. The quantitative estimate of drug-likeness (QED) is 0.760. The van der Waals surface area contributed by atoms with Gasteiger partial charge in [0.15, 0.2) is 0 Å². The van der Waals surface area contributed by atoms with Crippen LogP contribution in [0.5, 0.6) is 0 Å². The molecule has 0 bridgehead atoms. The molecular formula is C13H19N. The highest BCUT2D eigenvalue weighted by atomic mass is 14.7. The van der Waals surface area contributed by atoms with Gasteiger partial charge in [0.05, 0.1) is 0 Å². The summed E-state index contributed by atoms with van der Waals surface area (Å²) in [6.45, 7) is 7.57. The third kappa shape index (κ3) is 1.12. The molecule has 0 heterocycles. The van der Waals surface area contributed by atoms with Crippen molar-refractivity contribution in [2.45, 2.75) is 32.6 Å². The van der Waals surface area contributed by atoms with Crippen LogP contribution in [-0.2, 0) is 5.41 Å². The Kier molecular flexibility index (Phi) is 1.97. The van der Waals surface area contributed by atoms with Crippen LogP contribution in [0.1, 0.15) is 31.4 Å². The van der Waals surface area contributed by atoms with Gasteiger partial charge in [-0.25, -0.2) is 0 Å². The van der Waals surface area contributed by atoms with Gasteiger partial charge in [-0.15, -0.1) is 0 Å². The molecule has 2 N–H and O–H groups in total. The molecule has 76 valence electrons. The minimum atomic E-state index is 0.248. The van der Waals surface area contributed by atoms with Crippen molar-refractivity contribution in [1.29, 1.82) is 0 Å². The maximum Gasteiger partial charge on any atom is 0.0135 e. The summed E-state index contributed by atoms with van der Waals surface area (Å²) in [6.07, 6.45) is 1.22. The van der Waals surface area contributed by atoms with Gasteiger partial charge < -0.3 is 5.73 Å². The molecule has 1 heteroatoms. The molecule has 1 saturated carbocycles. The molecule has 1 aliphatic carbocycles. The molecule has 1 aromatic carbocycles. The molecule has 0 amide bonds. The second-order valence-corrected chi connectivity index (χ2v) is 5.16. The highest BCUT2D eigenvalue weighted by Gasteiger charge is 2.61. The molecule has 0 radical (unpaired) electrons. The molecular weight excluding hydrogens is 170 g/mol. The number of nitrogens with two attached hydrogens (primary N) is 1. The van der Waals surface area contributed by atoms with Gasteiger partial charge >= 0.3 is 0 Å². The number of hydrogen-bond acceptors (Lipinski definition) is 1. The van der Waals surface area contributed by atoms with Gasteiger partial charge in [-0.2, -0.15) is 0 Å². The Hall–Kier alpha value is -0.820. The number of aryl methyl sites for hydroxylation is 1. The van der Waals surface area contributed by atoms with Crippen LogP contribution in [0.15, 0.2) is 24.3 Å². The van der Waals surface area contributed by atoms with E-state index >= 15 is 0 Å². The lowest BCUT2D eigenvalue weighted by atomic mass is 9.85. The average molecular weight is 189 g/mol. The van der Waals surface area contributed by atoms with Crippen molar-refractivity contribution in [2.75, 3.05) is 6.54 Å². The zero-order valence-electron chi connectivity index (χ0n) is 9.30. The number of rotatable bonds is 2. The van der Waals surface area contributed by atoms with Gasteiger partial charge in [-0.05, 0) is 29.9 Å². The molecule has 1 fully saturated rings. The molecule has 0 spiro atoms. The second kappa shape index (κ2) is 2.83. The Morgan fingerprint density at radius 1 is 1.29 bits per heavy atom. The van der Waals surface area contributed by atoms with E-state index in [2.05, 4.69) is 45.0 Å². The summed E-state index contributed by atoms with van der Waals surface area (Å²) in [5, 5.41) is 0. The maximum absolute atomic E-state index is 5.95. The monoisotopic (exact) mass is 189 g/mol. The lowest BCUT2D eigenvalue weighted by Crippen LogP contribution is -2.26. The van der Waals surface area contributed by atoms with Crippen LogP contribution >= 0.6 is 0 Å². The van der Waals surface area contributed by atoms with Crippen LogP contribution in [0, 0.1) is 12.3 Å². The minimum absolute atomic E-state index is 0.248. The maximum atomic E-state index is 5.95. The molecule has 1 aromatic rings. The van der Waals surface area contributed by atoms with E-state index in [-0.39, 0.29) is 5.41 Å². The van der Waals surface area contributed by atoms with Gasteiger partial charge in [0.2, 0.25) is 0 Å². The Labute approximate surface area is 86.3 Å². The van der Waals surface area contributed by atoms with Crippen LogP contribution < -0.4 is 5.73 Å². The summed E-state index contributed by atoms with van der Waals surface area (Å²) in [5.74, 6) is 0. The van der Waals surface area contributed by atoms with E-state index in [0.29, 0.717) is 5.41 Å². The van der Waals surface area contributed by atoms with E-state index in [1.165, 1.54) is 17.5 Å². The van der Waals surface area contributed by atoms with Crippen molar-refractivity contribution in [3.8, 4) is 0 Å². The Balaban J connectivity index is 2.46.